The van der Waals surface area contributed by atoms with Gasteiger partial charge in [0.25, 0.3) is 0 Å². The van der Waals surface area contributed by atoms with Gasteiger partial charge >= 0.3 is 0 Å². The van der Waals surface area contributed by atoms with Crippen LogP contribution in [0.25, 0.3) is 0 Å². The third-order valence-corrected chi connectivity index (χ3v) is 4.91. The molecule has 7 heteroatoms. The first kappa shape index (κ1) is 17.3. The van der Waals surface area contributed by atoms with E-state index in [1.54, 1.807) is 0 Å². The van der Waals surface area contributed by atoms with Crippen molar-refractivity contribution in [2.75, 3.05) is 4.90 Å². The van der Waals surface area contributed by atoms with Crippen LogP contribution in [-0.4, -0.2) is 14.3 Å². The lowest BCUT2D eigenvalue weighted by Crippen LogP contribution is -2.23. The van der Waals surface area contributed by atoms with Gasteiger partial charge in [-0.15, -0.1) is 0 Å². The molecular weight excluding hydrogens is 354 g/mol. The minimum Gasteiger partial charge on any atom is -0.349 e. The highest BCUT2D eigenvalue weighted by Gasteiger charge is 2.20. The van der Waals surface area contributed by atoms with Crippen LogP contribution >= 0.6 is 23.1 Å². The lowest BCUT2D eigenvalue weighted by molar-refractivity contribution is 0.766. The standard InChI is InChI=1S/C18H16ClN5S/c1-12-5-3-7-14(21-12)10-24(11-15-8-4-6-13(2)22-15)18-16(9-20)17(19)23-25-18/h3-8H,10-11H2,1-2H3. The van der Waals surface area contributed by atoms with Gasteiger partial charge in [-0.25, -0.2) is 0 Å². The van der Waals surface area contributed by atoms with Crippen molar-refractivity contribution in [1.82, 2.24) is 14.3 Å². The number of hydrogen-bond donors (Lipinski definition) is 0. The van der Waals surface area contributed by atoms with Crippen molar-refractivity contribution in [2.45, 2.75) is 26.9 Å². The minimum atomic E-state index is 0.238. The van der Waals surface area contributed by atoms with E-state index >= 15 is 0 Å². The maximum absolute atomic E-state index is 9.43. The van der Waals surface area contributed by atoms with Crippen molar-refractivity contribution < 1.29 is 0 Å². The van der Waals surface area contributed by atoms with Gasteiger partial charge in [0, 0.05) is 11.4 Å². The number of rotatable bonds is 5. The number of pyridine rings is 2. The highest BCUT2D eigenvalue weighted by atomic mass is 35.5. The predicted molar refractivity (Wildman–Crippen MR) is 99.7 cm³/mol. The van der Waals surface area contributed by atoms with Gasteiger partial charge < -0.3 is 4.90 Å². The van der Waals surface area contributed by atoms with E-state index in [2.05, 4.69) is 20.4 Å². The van der Waals surface area contributed by atoms with E-state index in [1.807, 2.05) is 55.1 Å². The molecular formula is C18H16ClN5S. The van der Waals surface area contributed by atoms with E-state index in [0.717, 1.165) is 27.8 Å². The van der Waals surface area contributed by atoms with Crippen LogP contribution in [0.1, 0.15) is 28.3 Å². The number of aryl methyl sites for hydroxylation is 2. The van der Waals surface area contributed by atoms with Gasteiger partial charge in [0.15, 0.2) is 5.15 Å². The minimum absolute atomic E-state index is 0.238. The zero-order valence-electron chi connectivity index (χ0n) is 13.9. The molecule has 3 aromatic rings. The van der Waals surface area contributed by atoms with Crippen LogP contribution < -0.4 is 4.90 Å². The first-order valence-corrected chi connectivity index (χ1v) is 8.87. The van der Waals surface area contributed by atoms with E-state index in [0.29, 0.717) is 18.7 Å². The van der Waals surface area contributed by atoms with Crippen LogP contribution in [0.2, 0.25) is 5.15 Å². The highest BCUT2D eigenvalue weighted by molar-refractivity contribution is 7.10. The lowest BCUT2D eigenvalue weighted by atomic mass is 10.2. The number of halogens is 1. The van der Waals surface area contributed by atoms with E-state index in [1.165, 1.54) is 11.5 Å². The van der Waals surface area contributed by atoms with Crippen molar-refractivity contribution in [3.8, 4) is 6.07 Å². The molecule has 0 fully saturated rings. The molecule has 0 saturated carbocycles. The predicted octanol–water partition coefficient (Wildman–Crippen LogP) is 4.28. The summed E-state index contributed by atoms with van der Waals surface area (Å²) in [6.07, 6.45) is 0. The fraction of sp³-hybridized carbons (Fsp3) is 0.222. The van der Waals surface area contributed by atoms with Gasteiger partial charge in [-0.3, -0.25) is 9.97 Å². The van der Waals surface area contributed by atoms with Crippen LogP contribution in [0.4, 0.5) is 5.00 Å². The number of aromatic nitrogens is 3. The fourth-order valence-corrected chi connectivity index (χ4v) is 3.57. The molecule has 0 saturated heterocycles. The third-order valence-electron chi connectivity index (χ3n) is 3.63. The van der Waals surface area contributed by atoms with E-state index in [4.69, 9.17) is 11.6 Å². The Labute approximate surface area is 155 Å². The Bertz CT molecular complexity index is 884. The average Bonchev–Trinajstić information content (AvgIpc) is 2.95. The molecule has 3 aromatic heterocycles. The zero-order chi connectivity index (χ0) is 17.8. The Balaban J connectivity index is 1.97. The topological polar surface area (TPSA) is 65.7 Å². The van der Waals surface area contributed by atoms with Crippen molar-refractivity contribution in [3.63, 3.8) is 0 Å². The van der Waals surface area contributed by atoms with Gasteiger partial charge in [-0.2, -0.15) is 9.64 Å². The molecule has 0 aliphatic rings. The Morgan fingerprint density at radius 2 is 1.60 bits per heavy atom. The van der Waals surface area contributed by atoms with Crippen molar-refractivity contribution in [1.29, 1.82) is 5.26 Å². The summed E-state index contributed by atoms with van der Waals surface area (Å²) in [5, 5.41) is 10.4. The number of nitriles is 1. The van der Waals surface area contributed by atoms with E-state index < -0.39 is 0 Å². The highest BCUT2D eigenvalue weighted by Crippen LogP contribution is 2.33. The van der Waals surface area contributed by atoms with Crippen molar-refractivity contribution in [3.05, 3.63) is 69.9 Å². The molecule has 0 atom stereocenters. The molecule has 0 bridgehead atoms. The van der Waals surface area contributed by atoms with Crippen molar-refractivity contribution in [2.24, 2.45) is 0 Å². The van der Waals surface area contributed by atoms with E-state index in [-0.39, 0.29) is 5.15 Å². The molecule has 0 aromatic carbocycles. The number of hydrogen-bond acceptors (Lipinski definition) is 6. The summed E-state index contributed by atoms with van der Waals surface area (Å²) in [4.78, 5) is 11.2. The summed E-state index contributed by atoms with van der Waals surface area (Å²) in [5.74, 6) is 0. The van der Waals surface area contributed by atoms with E-state index in [9.17, 15) is 5.26 Å². The van der Waals surface area contributed by atoms with Crippen LogP contribution in [0.15, 0.2) is 36.4 Å². The average molecular weight is 370 g/mol. The lowest BCUT2D eigenvalue weighted by Gasteiger charge is -2.22. The second-order valence-electron chi connectivity index (χ2n) is 5.66. The molecule has 0 amide bonds. The Morgan fingerprint density at radius 1 is 1.04 bits per heavy atom. The number of anilines is 1. The molecule has 0 spiro atoms. The Hall–Kier alpha value is -2.49. The smallest absolute Gasteiger partial charge is 0.162 e. The monoisotopic (exact) mass is 369 g/mol. The molecule has 0 aliphatic carbocycles. The SMILES string of the molecule is Cc1cccc(CN(Cc2cccc(C)n2)c2snc(Cl)c2C#N)n1. The first-order valence-electron chi connectivity index (χ1n) is 7.72. The maximum Gasteiger partial charge on any atom is 0.162 e. The summed E-state index contributed by atoms with van der Waals surface area (Å²) in [7, 11) is 0. The third kappa shape index (κ3) is 4.13. The molecule has 3 rings (SSSR count). The Kier molecular flexibility index (Phi) is 5.27. The van der Waals surface area contributed by atoms with Crippen LogP contribution in [0.3, 0.4) is 0 Å². The molecule has 0 unspecified atom stereocenters. The zero-order valence-corrected chi connectivity index (χ0v) is 15.5. The van der Waals surface area contributed by atoms with Gasteiger partial charge in [-0.1, -0.05) is 23.7 Å². The number of nitrogens with zero attached hydrogens (tertiary/aromatic N) is 5. The summed E-state index contributed by atoms with van der Waals surface area (Å²) < 4.78 is 4.13. The summed E-state index contributed by atoms with van der Waals surface area (Å²) in [6.45, 7) is 5.01. The van der Waals surface area contributed by atoms with Gasteiger partial charge in [0.05, 0.1) is 24.5 Å². The molecule has 0 N–H and O–H groups in total. The normalized spacial score (nSPS) is 10.5. The van der Waals surface area contributed by atoms with Crippen LogP contribution in [0.5, 0.6) is 0 Å². The first-order chi connectivity index (χ1) is 12.1. The van der Waals surface area contributed by atoms with Crippen LogP contribution in [-0.2, 0) is 13.1 Å². The summed E-state index contributed by atoms with van der Waals surface area (Å²) in [6, 6.07) is 14.0. The van der Waals surface area contributed by atoms with Crippen LogP contribution in [0, 0.1) is 25.2 Å². The molecule has 25 heavy (non-hydrogen) atoms. The molecule has 0 radical (unpaired) electrons. The summed E-state index contributed by atoms with van der Waals surface area (Å²) in [5.41, 5.74) is 4.14. The largest absolute Gasteiger partial charge is 0.349 e. The summed E-state index contributed by atoms with van der Waals surface area (Å²) >= 11 is 7.29. The second kappa shape index (κ2) is 7.60. The fourth-order valence-electron chi connectivity index (χ4n) is 2.54. The van der Waals surface area contributed by atoms with Gasteiger partial charge in [0.2, 0.25) is 0 Å². The van der Waals surface area contributed by atoms with Crippen molar-refractivity contribution >= 4 is 28.1 Å². The second-order valence-corrected chi connectivity index (χ2v) is 6.77. The molecule has 0 aliphatic heterocycles. The molecule has 3 heterocycles. The van der Waals surface area contributed by atoms with Gasteiger partial charge in [0.1, 0.15) is 16.6 Å². The molecule has 126 valence electrons. The maximum atomic E-state index is 9.43. The quantitative estimate of drug-likeness (QED) is 0.671. The molecule has 5 nitrogen and oxygen atoms in total. The Morgan fingerprint density at radius 3 is 2.08 bits per heavy atom. The van der Waals surface area contributed by atoms with Gasteiger partial charge in [-0.05, 0) is 49.6 Å².